The molecule has 0 aliphatic heterocycles. The highest BCUT2D eigenvalue weighted by molar-refractivity contribution is 7.80. The molecule has 0 spiro atoms. The van der Waals surface area contributed by atoms with Crippen molar-refractivity contribution in [3.63, 3.8) is 0 Å². The van der Waals surface area contributed by atoms with Gasteiger partial charge in [-0.3, -0.25) is 0 Å². The lowest BCUT2D eigenvalue weighted by molar-refractivity contribution is 0.337. The molecular weight excluding hydrogens is 258 g/mol. The van der Waals surface area contributed by atoms with Gasteiger partial charge in [-0.15, -0.1) is 0 Å². The predicted octanol–water partition coefficient (Wildman–Crippen LogP) is 2.36. The highest BCUT2D eigenvalue weighted by Crippen LogP contribution is 2.12. The molecule has 1 aromatic heterocycles. The highest BCUT2D eigenvalue weighted by atomic mass is 32.1. The standard InChI is InChI=1S/C14H15N3OS/c1-2-18-14(19)11-9-16-12(17-13(11)15)8-10-6-4-3-5-7-10/h3-7,9H,2,8H2,1H3,(H2,15,16,17). The van der Waals surface area contributed by atoms with Crippen molar-refractivity contribution in [1.82, 2.24) is 9.97 Å². The summed E-state index contributed by atoms with van der Waals surface area (Å²) in [5.74, 6) is 1.03. The van der Waals surface area contributed by atoms with Gasteiger partial charge in [0.1, 0.15) is 11.6 Å². The summed E-state index contributed by atoms with van der Waals surface area (Å²) in [4.78, 5) is 8.55. The molecule has 0 unspecified atom stereocenters. The van der Waals surface area contributed by atoms with E-state index >= 15 is 0 Å². The number of hydrogen-bond donors (Lipinski definition) is 1. The lowest BCUT2D eigenvalue weighted by atomic mass is 10.1. The van der Waals surface area contributed by atoms with Gasteiger partial charge in [0.2, 0.25) is 0 Å². The Bertz CT molecular complexity index is 572. The number of benzene rings is 1. The van der Waals surface area contributed by atoms with Gasteiger partial charge < -0.3 is 10.5 Å². The van der Waals surface area contributed by atoms with E-state index in [1.165, 1.54) is 0 Å². The Balaban J connectivity index is 2.17. The van der Waals surface area contributed by atoms with Crippen LogP contribution >= 0.6 is 12.2 Å². The van der Waals surface area contributed by atoms with E-state index in [1.54, 1.807) is 6.20 Å². The third-order valence-electron chi connectivity index (χ3n) is 2.57. The zero-order chi connectivity index (χ0) is 13.7. The van der Waals surface area contributed by atoms with E-state index in [0.29, 0.717) is 35.3 Å². The molecule has 1 aromatic carbocycles. The van der Waals surface area contributed by atoms with Crippen LogP contribution in [-0.4, -0.2) is 21.6 Å². The molecule has 2 aromatic rings. The van der Waals surface area contributed by atoms with E-state index in [0.717, 1.165) is 5.56 Å². The minimum absolute atomic E-state index is 0.339. The second kappa shape index (κ2) is 6.24. The number of nitrogen functional groups attached to an aromatic ring is 1. The van der Waals surface area contributed by atoms with E-state index in [2.05, 4.69) is 9.97 Å². The zero-order valence-corrected chi connectivity index (χ0v) is 11.5. The van der Waals surface area contributed by atoms with Crippen molar-refractivity contribution >= 4 is 23.1 Å². The van der Waals surface area contributed by atoms with Gasteiger partial charge in [-0.2, -0.15) is 0 Å². The Labute approximate surface area is 117 Å². The van der Waals surface area contributed by atoms with Crippen molar-refractivity contribution in [1.29, 1.82) is 0 Å². The first-order valence-corrected chi connectivity index (χ1v) is 6.44. The van der Waals surface area contributed by atoms with Gasteiger partial charge in [0, 0.05) is 12.6 Å². The van der Waals surface area contributed by atoms with Crippen molar-refractivity contribution in [2.24, 2.45) is 0 Å². The number of anilines is 1. The van der Waals surface area contributed by atoms with Crippen LogP contribution in [0.4, 0.5) is 5.82 Å². The lowest BCUT2D eigenvalue weighted by Gasteiger charge is -2.08. The van der Waals surface area contributed by atoms with Gasteiger partial charge in [-0.1, -0.05) is 30.3 Å². The monoisotopic (exact) mass is 273 g/mol. The van der Waals surface area contributed by atoms with Crippen molar-refractivity contribution in [2.45, 2.75) is 13.3 Å². The summed E-state index contributed by atoms with van der Waals surface area (Å²) in [6.07, 6.45) is 2.27. The second-order valence-electron chi connectivity index (χ2n) is 3.97. The van der Waals surface area contributed by atoms with E-state index in [4.69, 9.17) is 22.7 Å². The van der Waals surface area contributed by atoms with Crippen LogP contribution in [0.3, 0.4) is 0 Å². The van der Waals surface area contributed by atoms with Crippen LogP contribution in [-0.2, 0) is 11.2 Å². The molecule has 0 aliphatic carbocycles. The van der Waals surface area contributed by atoms with Crippen LogP contribution in [0.25, 0.3) is 0 Å². The van der Waals surface area contributed by atoms with Crippen LogP contribution in [0.2, 0.25) is 0 Å². The van der Waals surface area contributed by atoms with Gasteiger partial charge in [-0.25, -0.2) is 9.97 Å². The van der Waals surface area contributed by atoms with Gasteiger partial charge >= 0.3 is 0 Å². The third-order valence-corrected chi connectivity index (χ3v) is 2.91. The van der Waals surface area contributed by atoms with Crippen LogP contribution in [0.5, 0.6) is 0 Å². The summed E-state index contributed by atoms with van der Waals surface area (Å²) in [6, 6.07) is 9.99. The number of hydrogen-bond acceptors (Lipinski definition) is 5. The number of thiocarbonyl (C=S) groups is 1. The number of nitrogens with two attached hydrogens (primary N) is 1. The van der Waals surface area contributed by atoms with Crippen LogP contribution < -0.4 is 5.73 Å². The van der Waals surface area contributed by atoms with Gasteiger partial charge in [-0.05, 0) is 24.7 Å². The van der Waals surface area contributed by atoms with Crippen LogP contribution in [0, 0.1) is 0 Å². The Morgan fingerprint density at radius 1 is 1.32 bits per heavy atom. The van der Waals surface area contributed by atoms with E-state index < -0.39 is 0 Å². The normalized spacial score (nSPS) is 10.2. The fourth-order valence-electron chi connectivity index (χ4n) is 1.66. The minimum atomic E-state index is 0.339. The number of nitrogens with zero attached hydrogens (tertiary/aromatic N) is 2. The van der Waals surface area contributed by atoms with Crippen molar-refractivity contribution in [3.8, 4) is 0 Å². The van der Waals surface area contributed by atoms with Crippen molar-refractivity contribution in [3.05, 3.63) is 53.5 Å². The topological polar surface area (TPSA) is 61.0 Å². The summed E-state index contributed by atoms with van der Waals surface area (Å²) in [5, 5.41) is 0.339. The SMILES string of the molecule is CCOC(=S)c1cnc(Cc2ccccc2)nc1N. The smallest absolute Gasteiger partial charge is 0.196 e. The molecule has 2 rings (SSSR count). The molecule has 0 amide bonds. The maximum atomic E-state index is 5.89. The van der Waals surface area contributed by atoms with Crippen molar-refractivity contribution < 1.29 is 4.74 Å². The van der Waals surface area contributed by atoms with Crippen LogP contribution in [0.1, 0.15) is 23.9 Å². The molecule has 5 heteroatoms. The molecule has 98 valence electrons. The van der Waals surface area contributed by atoms with Crippen molar-refractivity contribution in [2.75, 3.05) is 12.3 Å². The van der Waals surface area contributed by atoms with Gasteiger partial charge in [0.05, 0.1) is 12.2 Å². The second-order valence-corrected chi connectivity index (χ2v) is 4.34. The fourth-order valence-corrected chi connectivity index (χ4v) is 1.94. The molecule has 0 fully saturated rings. The molecule has 0 aliphatic rings. The molecular formula is C14H15N3OS. The van der Waals surface area contributed by atoms with E-state index in [1.807, 2.05) is 37.3 Å². The molecule has 0 saturated heterocycles. The number of rotatable bonds is 4. The van der Waals surface area contributed by atoms with E-state index in [9.17, 15) is 0 Å². The molecule has 4 nitrogen and oxygen atoms in total. The molecule has 19 heavy (non-hydrogen) atoms. The summed E-state index contributed by atoms with van der Waals surface area (Å²) in [6.45, 7) is 2.37. The van der Waals surface area contributed by atoms with Gasteiger partial charge in [0.15, 0.2) is 5.05 Å². The summed E-state index contributed by atoms with van der Waals surface area (Å²) >= 11 is 5.10. The molecule has 1 heterocycles. The minimum Gasteiger partial charge on any atom is -0.483 e. The maximum Gasteiger partial charge on any atom is 0.196 e. The van der Waals surface area contributed by atoms with Crippen LogP contribution in [0.15, 0.2) is 36.5 Å². The Kier molecular flexibility index (Phi) is 4.41. The lowest BCUT2D eigenvalue weighted by Crippen LogP contribution is -2.11. The average molecular weight is 273 g/mol. The zero-order valence-electron chi connectivity index (χ0n) is 10.7. The number of aromatic nitrogens is 2. The molecule has 0 bridgehead atoms. The molecule has 0 atom stereocenters. The summed E-state index contributed by atoms with van der Waals surface area (Å²) in [7, 11) is 0. The molecule has 0 radical (unpaired) electrons. The maximum absolute atomic E-state index is 5.89. The third kappa shape index (κ3) is 3.48. The first kappa shape index (κ1) is 13.4. The Hall–Kier alpha value is -2.01. The largest absolute Gasteiger partial charge is 0.483 e. The first-order chi connectivity index (χ1) is 9.20. The summed E-state index contributed by atoms with van der Waals surface area (Å²) < 4.78 is 5.24. The molecule has 2 N–H and O–H groups in total. The fraction of sp³-hybridized carbons (Fsp3) is 0.214. The van der Waals surface area contributed by atoms with E-state index in [-0.39, 0.29) is 0 Å². The molecule has 0 saturated carbocycles. The Morgan fingerprint density at radius 2 is 2.05 bits per heavy atom. The number of ether oxygens (including phenoxy) is 1. The quantitative estimate of drug-likeness (QED) is 0.867. The first-order valence-electron chi connectivity index (χ1n) is 6.03. The van der Waals surface area contributed by atoms with Gasteiger partial charge in [0.25, 0.3) is 0 Å². The Morgan fingerprint density at radius 3 is 2.68 bits per heavy atom. The average Bonchev–Trinajstić information content (AvgIpc) is 2.40. The predicted molar refractivity (Wildman–Crippen MR) is 79.0 cm³/mol. The summed E-state index contributed by atoms with van der Waals surface area (Å²) in [5.41, 5.74) is 7.61. The highest BCUT2D eigenvalue weighted by Gasteiger charge is 2.10.